The third-order valence-electron chi connectivity index (χ3n) is 27.6. The Bertz CT molecular complexity index is 9320. The smallest absolute Gasteiger partial charge is 0.0562 e. The molecule has 0 bridgehead atoms. The van der Waals surface area contributed by atoms with Gasteiger partial charge in [0.15, 0.2) is 0 Å². The first-order chi connectivity index (χ1) is 68.9. The van der Waals surface area contributed by atoms with E-state index in [1.807, 2.05) is 0 Å². The molecule has 0 saturated heterocycles. The predicted molar refractivity (Wildman–Crippen MR) is 587 cm³/mol. The molecule has 0 fully saturated rings. The van der Waals surface area contributed by atoms with E-state index in [0.29, 0.717) is 0 Å². The maximum atomic E-state index is 2.43. The SMILES string of the molecule is c1ccc(-n2ccc3cc4c5ccccc5n(-c5ccc(N(c6ccc7ccccc7c6)c6ccc7ccccc7c6)cc5)c4cc32)cc1.c1ccc(-n2ccc3cc4c5ccccc5n(-c5cccc(N(c6ccc7ccccc7c6)c6ccc7ccccc7c6)c5)c4cc32)cc1.c1ccc(N(c2ccccc2)c2ccc(-n3c4ccccc4c4cc5ccn(-c6ccccc6)c5cc43)cc2)cc1. The lowest BCUT2D eigenvalue weighted by molar-refractivity contribution is 1.12. The molecule has 654 valence electrons. The van der Waals surface area contributed by atoms with Gasteiger partial charge in [0, 0.05) is 152 Å². The number of nitrogens with zero attached hydrogens (tertiary/aromatic N) is 9. The maximum Gasteiger partial charge on any atom is 0.0562 e. The summed E-state index contributed by atoms with van der Waals surface area (Å²) in [5, 5.41) is 21.0. The van der Waals surface area contributed by atoms with Crippen molar-refractivity contribution in [1.29, 1.82) is 0 Å². The van der Waals surface area contributed by atoms with E-state index in [4.69, 9.17) is 0 Å². The fourth-order valence-corrected chi connectivity index (χ4v) is 21.1. The van der Waals surface area contributed by atoms with E-state index < -0.39 is 0 Å². The second kappa shape index (κ2) is 34.4. The van der Waals surface area contributed by atoms with Crippen molar-refractivity contribution >= 4 is 192 Å². The quantitative estimate of drug-likeness (QED) is 0.103. The van der Waals surface area contributed by atoms with Gasteiger partial charge >= 0.3 is 0 Å². The Morgan fingerprint density at radius 3 is 0.683 bits per heavy atom. The Hall–Kier alpha value is -18.7. The van der Waals surface area contributed by atoms with Crippen molar-refractivity contribution in [3.63, 3.8) is 0 Å². The summed E-state index contributed by atoms with van der Waals surface area (Å²) in [6.07, 6.45) is 6.52. The summed E-state index contributed by atoms with van der Waals surface area (Å²) >= 11 is 0. The summed E-state index contributed by atoms with van der Waals surface area (Å²) in [5.74, 6) is 0. The first-order valence-corrected chi connectivity index (χ1v) is 47.5. The van der Waals surface area contributed by atoms with Gasteiger partial charge in [-0.1, -0.05) is 273 Å². The monoisotopic (exact) mass is 1780 g/mol. The molecule has 0 aliphatic rings. The van der Waals surface area contributed by atoms with Gasteiger partial charge in [-0.25, -0.2) is 0 Å². The minimum absolute atomic E-state index is 1.10. The predicted octanol–water partition coefficient (Wildman–Crippen LogP) is 35.2. The molecule has 9 heteroatoms. The molecule has 139 heavy (non-hydrogen) atoms. The van der Waals surface area contributed by atoms with Crippen molar-refractivity contribution in [1.82, 2.24) is 27.4 Å². The van der Waals surface area contributed by atoms with Gasteiger partial charge in [0.1, 0.15) is 0 Å². The molecule has 28 aromatic rings. The number of para-hydroxylation sites is 8. The third-order valence-corrected chi connectivity index (χ3v) is 27.6. The van der Waals surface area contributed by atoms with Crippen LogP contribution in [0.5, 0.6) is 0 Å². The minimum atomic E-state index is 1.10. The van der Waals surface area contributed by atoms with E-state index in [1.54, 1.807) is 0 Å². The molecule has 22 aromatic carbocycles. The van der Waals surface area contributed by atoms with Crippen LogP contribution in [0.1, 0.15) is 0 Å². The summed E-state index contributed by atoms with van der Waals surface area (Å²) in [6, 6.07) is 188. The average molecular weight is 1780 g/mol. The second-order valence-electron chi connectivity index (χ2n) is 35.8. The van der Waals surface area contributed by atoms with Gasteiger partial charge < -0.3 is 42.1 Å². The van der Waals surface area contributed by atoms with Crippen LogP contribution in [0, 0.1) is 0 Å². The normalized spacial score (nSPS) is 11.6. The van der Waals surface area contributed by atoms with E-state index in [0.717, 1.165) is 85.3 Å². The molecule has 28 rings (SSSR count). The third kappa shape index (κ3) is 14.6. The van der Waals surface area contributed by atoms with Crippen LogP contribution >= 0.6 is 0 Å². The number of fused-ring (bicyclic) bond motifs is 16. The van der Waals surface area contributed by atoms with Gasteiger partial charge in [0.2, 0.25) is 0 Å². The zero-order chi connectivity index (χ0) is 91.8. The topological polar surface area (TPSA) is 39.3 Å². The zero-order valence-electron chi connectivity index (χ0n) is 75.9. The van der Waals surface area contributed by atoms with Crippen molar-refractivity contribution in [2.45, 2.75) is 0 Å². The van der Waals surface area contributed by atoms with Crippen LogP contribution in [-0.4, -0.2) is 27.4 Å². The highest BCUT2D eigenvalue weighted by Crippen LogP contribution is 2.46. The number of aromatic nitrogens is 6. The number of hydrogen-bond donors (Lipinski definition) is 0. The van der Waals surface area contributed by atoms with Crippen LogP contribution in [0.25, 0.3) is 175 Å². The largest absolute Gasteiger partial charge is 0.316 e. The number of hydrogen-bond acceptors (Lipinski definition) is 3. The van der Waals surface area contributed by atoms with Crippen LogP contribution in [0.4, 0.5) is 51.2 Å². The molecule has 0 saturated carbocycles. The molecule has 0 amide bonds. The van der Waals surface area contributed by atoms with Gasteiger partial charge in [-0.2, -0.15) is 0 Å². The molecule has 6 heterocycles. The Morgan fingerprint density at radius 1 is 0.115 bits per heavy atom. The molecule has 0 N–H and O–H groups in total. The Kier molecular flexibility index (Phi) is 20.1. The number of rotatable bonds is 15. The first-order valence-electron chi connectivity index (χ1n) is 47.5. The highest BCUT2D eigenvalue weighted by atomic mass is 15.2. The van der Waals surface area contributed by atoms with Crippen molar-refractivity contribution in [3.05, 3.63) is 540 Å². The highest BCUT2D eigenvalue weighted by molar-refractivity contribution is 6.17. The molecule has 0 aliphatic carbocycles. The summed E-state index contributed by atoms with van der Waals surface area (Å²) in [6.45, 7) is 0. The van der Waals surface area contributed by atoms with Gasteiger partial charge in [0.25, 0.3) is 0 Å². The van der Waals surface area contributed by atoms with Crippen molar-refractivity contribution in [3.8, 4) is 34.1 Å². The van der Waals surface area contributed by atoms with Crippen LogP contribution in [-0.2, 0) is 0 Å². The molecule has 0 aliphatic heterocycles. The average Bonchev–Trinajstić information content (AvgIpc) is 1.58. The summed E-state index contributed by atoms with van der Waals surface area (Å²) < 4.78 is 14.1. The molecule has 0 spiro atoms. The van der Waals surface area contributed by atoms with E-state index in [-0.39, 0.29) is 0 Å². The second-order valence-corrected chi connectivity index (χ2v) is 35.8. The molecule has 9 nitrogen and oxygen atoms in total. The Labute approximate surface area is 803 Å². The van der Waals surface area contributed by atoms with E-state index in [9.17, 15) is 0 Å². The molecule has 0 radical (unpaired) electrons. The first kappa shape index (κ1) is 81.1. The lowest BCUT2D eigenvalue weighted by Crippen LogP contribution is -2.10. The van der Waals surface area contributed by atoms with Crippen molar-refractivity contribution in [2.75, 3.05) is 14.7 Å². The standard InChI is InChI=1S/2C46H31N3.C38H27N3/c1-2-15-37(16-3-1)47-26-25-36-29-43-42-19-8-9-20-44(42)49(46(43)31-45(36)47)39-18-10-17-38(30-39)48(40-23-21-32-11-4-6-13-34(32)27-40)41-24-22-33-12-5-7-14-35(33)28-41;1-2-14-37(15-3-1)47-27-26-36-30-43-42-16-8-9-17-44(42)49(46(43)31-45(36)47)39-24-22-38(23-25-39)48(40-20-18-32-10-4-6-12-34(32)28-40)41-21-19-33-11-5-7-13-35(33)29-41;1-4-12-29(13-5-1)39-25-24-28-26-35-34-18-10-11-19-36(34)41(38(35)27-37(28)39)33-22-20-32(21-23-33)40(30-14-6-2-7-15-30)31-16-8-3-9-17-31/h2*1-31H;1-27H. The van der Waals surface area contributed by atoms with Crippen LogP contribution < -0.4 is 14.7 Å². The molecule has 0 atom stereocenters. The Balaban J connectivity index is 0.000000108. The van der Waals surface area contributed by atoms with Gasteiger partial charge in [0.05, 0.1) is 49.7 Å². The number of anilines is 9. The van der Waals surface area contributed by atoms with Crippen LogP contribution in [0.2, 0.25) is 0 Å². The molecule has 6 aromatic heterocycles. The van der Waals surface area contributed by atoms with Crippen LogP contribution in [0.15, 0.2) is 540 Å². The number of benzene rings is 22. The molecular weight excluding hydrogens is 1690 g/mol. The lowest BCUT2D eigenvalue weighted by Gasteiger charge is -2.27. The van der Waals surface area contributed by atoms with Crippen molar-refractivity contribution < 1.29 is 0 Å². The van der Waals surface area contributed by atoms with Gasteiger partial charge in [-0.3, -0.25) is 0 Å². The van der Waals surface area contributed by atoms with E-state index in [2.05, 4.69) is 582 Å². The molecular formula is C130H89N9. The summed E-state index contributed by atoms with van der Waals surface area (Å²) in [7, 11) is 0. The maximum absolute atomic E-state index is 2.43. The van der Waals surface area contributed by atoms with Crippen LogP contribution in [0.3, 0.4) is 0 Å². The fourth-order valence-electron chi connectivity index (χ4n) is 21.1. The molecule has 0 unspecified atom stereocenters. The van der Waals surface area contributed by atoms with E-state index >= 15 is 0 Å². The Morgan fingerprint density at radius 2 is 0.353 bits per heavy atom. The fraction of sp³-hybridized carbons (Fsp3) is 0. The summed E-state index contributed by atoms with van der Waals surface area (Å²) in [5.41, 5.74) is 27.7. The lowest BCUT2D eigenvalue weighted by atomic mass is 10.1. The minimum Gasteiger partial charge on any atom is -0.316 e. The zero-order valence-corrected chi connectivity index (χ0v) is 75.9. The van der Waals surface area contributed by atoms with Crippen molar-refractivity contribution in [2.24, 2.45) is 0 Å². The van der Waals surface area contributed by atoms with Gasteiger partial charge in [-0.15, -0.1) is 0 Å². The van der Waals surface area contributed by atoms with Gasteiger partial charge in [-0.05, 0) is 292 Å². The summed E-state index contributed by atoms with van der Waals surface area (Å²) in [4.78, 5) is 7.05. The van der Waals surface area contributed by atoms with E-state index in [1.165, 1.54) is 141 Å². The highest BCUT2D eigenvalue weighted by Gasteiger charge is 2.24.